The summed E-state index contributed by atoms with van der Waals surface area (Å²) in [4.78, 5) is 25.6. The summed E-state index contributed by atoms with van der Waals surface area (Å²) >= 11 is 0. The summed E-state index contributed by atoms with van der Waals surface area (Å²) in [5.41, 5.74) is 6.92. The summed E-state index contributed by atoms with van der Waals surface area (Å²) in [6.45, 7) is 11.0. The van der Waals surface area contributed by atoms with E-state index >= 15 is 0 Å². The Balaban J connectivity index is 2.80. The number of urea groups is 1. The van der Waals surface area contributed by atoms with Gasteiger partial charge in [0.15, 0.2) is 0 Å². The summed E-state index contributed by atoms with van der Waals surface area (Å²) in [5.74, 6) is -0.332. The van der Waals surface area contributed by atoms with Crippen LogP contribution >= 0.6 is 0 Å². The van der Waals surface area contributed by atoms with Crippen molar-refractivity contribution in [1.82, 2.24) is 5.32 Å². The van der Waals surface area contributed by atoms with Gasteiger partial charge in [0.25, 0.3) is 0 Å². The first kappa shape index (κ1) is 18.8. The van der Waals surface area contributed by atoms with Gasteiger partial charge in [-0.15, -0.1) is 0 Å². The SMILES string of the molecule is CCN(c1ccc(NC(=O)[C@H](NC(N)=O)C(C)C)cc1)C(C)C. The molecule has 3 amide bonds. The molecule has 0 heterocycles. The lowest BCUT2D eigenvalue weighted by molar-refractivity contribution is -0.118. The maximum atomic E-state index is 12.3. The third kappa shape index (κ3) is 5.47. The van der Waals surface area contributed by atoms with Gasteiger partial charge in [-0.05, 0) is 51.0 Å². The Morgan fingerprint density at radius 1 is 1.13 bits per heavy atom. The van der Waals surface area contributed by atoms with Gasteiger partial charge in [-0.3, -0.25) is 4.79 Å². The number of benzene rings is 1. The van der Waals surface area contributed by atoms with Gasteiger partial charge in [0.1, 0.15) is 6.04 Å². The highest BCUT2D eigenvalue weighted by Crippen LogP contribution is 2.20. The van der Waals surface area contributed by atoms with Crippen LogP contribution in [0.15, 0.2) is 24.3 Å². The Kier molecular flexibility index (Phi) is 6.88. The fourth-order valence-electron chi connectivity index (χ4n) is 2.49. The molecule has 0 aliphatic carbocycles. The fraction of sp³-hybridized carbons (Fsp3) is 0.529. The molecule has 128 valence electrons. The number of carbonyl (C=O) groups excluding carboxylic acids is 2. The van der Waals surface area contributed by atoms with Crippen LogP contribution in [0.2, 0.25) is 0 Å². The monoisotopic (exact) mass is 320 g/mol. The van der Waals surface area contributed by atoms with Crippen molar-refractivity contribution in [3.05, 3.63) is 24.3 Å². The quantitative estimate of drug-likeness (QED) is 0.721. The van der Waals surface area contributed by atoms with Crippen LogP contribution in [0.3, 0.4) is 0 Å². The molecule has 0 spiro atoms. The van der Waals surface area contributed by atoms with E-state index in [0.29, 0.717) is 11.7 Å². The third-order valence-corrected chi connectivity index (χ3v) is 3.68. The largest absolute Gasteiger partial charge is 0.369 e. The van der Waals surface area contributed by atoms with Gasteiger partial charge < -0.3 is 21.3 Å². The number of primary amides is 1. The number of hydrogen-bond donors (Lipinski definition) is 3. The lowest BCUT2D eigenvalue weighted by Crippen LogP contribution is -2.49. The molecular formula is C17H28N4O2. The first-order chi connectivity index (χ1) is 10.8. The van der Waals surface area contributed by atoms with Gasteiger partial charge in [0.05, 0.1) is 0 Å². The smallest absolute Gasteiger partial charge is 0.312 e. The second-order valence-corrected chi connectivity index (χ2v) is 6.15. The van der Waals surface area contributed by atoms with E-state index in [9.17, 15) is 9.59 Å². The molecule has 0 saturated heterocycles. The Bertz CT molecular complexity index is 526. The summed E-state index contributed by atoms with van der Waals surface area (Å²) in [6.07, 6.45) is 0. The Morgan fingerprint density at radius 2 is 1.70 bits per heavy atom. The van der Waals surface area contributed by atoms with Crippen LogP contribution in [0, 0.1) is 5.92 Å². The molecule has 0 saturated carbocycles. The molecule has 0 fully saturated rings. The van der Waals surface area contributed by atoms with Crippen molar-refractivity contribution in [2.45, 2.75) is 46.7 Å². The van der Waals surface area contributed by atoms with Crippen molar-refractivity contribution < 1.29 is 9.59 Å². The number of anilines is 2. The minimum absolute atomic E-state index is 0.0571. The number of nitrogens with two attached hydrogens (primary N) is 1. The van der Waals surface area contributed by atoms with Crippen molar-refractivity contribution in [3.63, 3.8) is 0 Å². The first-order valence-electron chi connectivity index (χ1n) is 7.99. The third-order valence-electron chi connectivity index (χ3n) is 3.68. The number of nitrogens with zero attached hydrogens (tertiary/aromatic N) is 1. The topological polar surface area (TPSA) is 87.5 Å². The van der Waals surface area contributed by atoms with Crippen molar-refractivity contribution in [2.24, 2.45) is 11.7 Å². The molecule has 0 aliphatic heterocycles. The van der Waals surface area contributed by atoms with Gasteiger partial charge >= 0.3 is 6.03 Å². The molecule has 4 N–H and O–H groups in total. The summed E-state index contributed by atoms with van der Waals surface area (Å²) in [7, 11) is 0. The zero-order chi connectivity index (χ0) is 17.6. The van der Waals surface area contributed by atoms with Crippen LogP contribution in [0.5, 0.6) is 0 Å². The van der Waals surface area contributed by atoms with Crippen LogP contribution < -0.4 is 21.3 Å². The van der Waals surface area contributed by atoms with Crippen LogP contribution in [0.4, 0.5) is 16.2 Å². The number of amides is 3. The van der Waals surface area contributed by atoms with Crippen LogP contribution in [-0.2, 0) is 4.79 Å². The van der Waals surface area contributed by atoms with Crippen molar-refractivity contribution in [2.75, 3.05) is 16.8 Å². The Hall–Kier alpha value is -2.24. The zero-order valence-electron chi connectivity index (χ0n) is 14.6. The van der Waals surface area contributed by atoms with E-state index in [1.165, 1.54) is 0 Å². The average molecular weight is 320 g/mol. The summed E-state index contributed by atoms with van der Waals surface area (Å²) in [6, 6.07) is 6.72. The van der Waals surface area contributed by atoms with Crippen LogP contribution in [0.1, 0.15) is 34.6 Å². The predicted octanol–water partition coefficient (Wildman–Crippen LogP) is 2.55. The molecule has 0 bridgehead atoms. The molecule has 0 aromatic heterocycles. The Morgan fingerprint density at radius 3 is 2.09 bits per heavy atom. The van der Waals surface area contributed by atoms with E-state index in [1.54, 1.807) is 0 Å². The number of carbonyl (C=O) groups is 2. The van der Waals surface area contributed by atoms with E-state index in [-0.39, 0.29) is 11.8 Å². The van der Waals surface area contributed by atoms with E-state index in [2.05, 4.69) is 36.3 Å². The molecule has 1 aromatic carbocycles. The van der Waals surface area contributed by atoms with Gasteiger partial charge in [-0.25, -0.2) is 4.79 Å². The molecule has 0 aliphatic rings. The van der Waals surface area contributed by atoms with Gasteiger partial charge in [0, 0.05) is 24.0 Å². The van der Waals surface area contributed by atoms with Gasteiger partial charge in [-0.1, -0.05) is 13.8 Å². The fourth-order valence-corrected chi connectivity index (χ4v) is 2.49. The zero-order valence-corrected chi connectivity index (χ0v) is 14.6. The standard InChI is InChI=1S/C17H28N4O2/c1-6-21(12(4)5)14-9-7-13(8-10-14)19-16(22)15(11(2)3)20-17(18)23/h7-12,15H,6H2,1-5H3,(H,19,22)(H3,18,20,23)/t15-/m1/s1. The minimum atomic E-state index is -0.704. The van der Waals surface area contributed by atoms with E-state index in [0.717, 1.165) is 12.2 Å². The molecule has 1 aromatic rings. The van der Waals surface area contributed by atoms with Crippen molar-refractivity contribution in [3.8, 4) is 0 Å². The maximum Gasteiger partial charge on any atom is 0.312 e. The molecule has 23 heavy (non-hydrogen) atoms. The van der Waals surface area contributed by atoms with Crippen LogP contribution in [-0.4, -0.2) is 30.6 Å². The molecular weight excluding hydrogens is 292 g/mol. The summed E-state index contributed by atoms with van der Waals surface area (Å²) < 4.78 is 0. The highest BCUT2D eigenvalue weighted by molar-refractivity contribution is 5.97. The van der Waals surface area contributed by atoms with Crippen molar-refractivity contribution >= 4 is 23.3 Å². The predicted molar refractivity (Wildman–Crippen MR) is 94.6 cm³/mol. The van der Waals surface area contributed by atoms with E-state index in [1.807, 2.05) is 38.1 Å². The lowest BCUT2D eigenvalue weighted by atomic mass is 10.0. The molecule has 0 unspecified atom stereocenters. The van der Waals surface area contributed by atoms with Gasteiger partial charge in [-0.2, -0.15) is 0 Å². The number of rotatable bonds is 7. The second kappa shape index (κ2) is 8.41. The molecule has 1 atom stereocenters. The van der Waals surface area contributed by atoms with Gasteiger partial charge in [0.2, 0.25) is 5.91 Å². The average Bonchev–Trinajstić information content (AvgIpc) is 2.46. The minimum Gasteiger partial charge on any atom is -0.369 e. The molecule has 1 rings (SSSR count). The number of hydrogen-bond acceptors (Lipinski definition) is 3. The highest BCUT2D eigenvalue weighted by Gasteiger charge is 2.23. The summed E-state index contributed by atoms with van der Waals surface area (Å²) in [5, 5.41) is 5.29. The lowest BCUT2D eigenvalue weighted by Gasteiger charge is -2.27. The maximum absolute atomic E-state index is 12.3. The Labute approximate surface area is 138 Å². The molecule has 6 heteroatoms. The molecule has 6 nitrogen and oxygen atoms in total. The van der Waals surface area contributed by atoms with Crippen LogP contribution in [0.25, 0.3) is 0 Å². The van der Waals surface area contributed by atoms with E-state index in [4.69, 9.17) is 5.73 Å². The van der Waals surface area contributed by atoms with Crippen molar-refractivity contribution in [1.29, 1.82) is 0 Å². The second-order valence-electron chi connectivity index (χ2n) is 6.15. The first-order valence-corrected chi connectivity index (χ1v) is 7.99. The number of nitrogens with one attached hydrogen (secondary N) is 2. The normalized spacial score (nSPS) is 12.1. The highest BCUT2D eigenvalue weighted by atomic mass is 16.2. The molecule has 0 radical (unpaired) electrons. The van der Waals surface area contributed by atoms with E-state index < -0.39 is 12.1 Å².